The Kier molecular flexibility index (Phi) is 2.97. The van der Waals surface area contributed by atoms with Gasteiger partial charge in [0.25, 0.3) is 5.91 Å². The van der Waals surface area contributed by atoms with Gasteiger partial charge in [-0.3, -0.25) is 4.79 Å². The lowest BCUT2D eigenvalue weighted by Crippen LogP contribution is -2.47. The molecule has 3 heterocycles. The van der Waals surface area contributed by atoms with Crippen LogP contribution in [0.4, 0.5) is 0 Å². The summed E-state index contributed by atoms with van der Waals surface area (Å²) in [5, 5.41) is 3.20. The van der Waals surface area contributed by atoms with E-state index >= 15 is 0 Å². The van der Waals surface area contributed by atoms with Crippen LogP contribution in [0.1, 0.15) is 23.2 Å². The van der Waals surface area contributed by atoms with Crippen molar-refractivity contribution < 1.29 is 4.79 Å². The molecule has 1 aromatic heterocycles. The number of hydrogen-bond acceptors (Lipinski definition) is 4. The molecule has 2 bridgehead atoms. The number of hydrogen-bond donors (Lipinski definition) is 1. The van der Waals surface area contributed by atoms with E-state index in [1.165, 1.54) is 19.5 Å². The molecule has 1 unspecified atom stereocenters. The van der Waals surface area contributed by atoms with Gasteiger partial charge in [-0.25, -0.2) is 4.98 Å². The molecular weight excluding hydrogens is 270 g/mol. The lowest BCUT2D eigenvalue weighted by atomic mass is 9.96. The highest BCUT2D eigenvalue weighted by Crippen LogP contribution is 2.27. The van der Waals surface area contributed by atoms with Gasteiger partial charge in [-0.1, -0.05) is 0 Å². The molecule has 2 fully saturated rings. The standard InChI is InChI=1S/C15H17N3OS/c19-15(11-1-2-13-14(6-11)20-9-16-13)17-12-5-10-3-4-18(7-10)8-12/h1-2,6,9-10,12H,3-5,7-8H2,(H,17,19)/t10-,12+/m0/s1. The van der Waals surface area contributed by atoms with Crippen LogP contribution in [-0.4, -0.2) is 41.5 Å². The average Bonchev–Trinajstić information content (AvgIpc) is 3.04. The van der Waals surface area contributed by atoms with Crippen LogP contribution in [0.15, 0.2) is 23.7 Å². The summed E-state index contributed by atoms with van der Waals surface area (Å²) < 4.78 is 1.07. The van der Waals surface area contributed by atoms with E-state index in [9.17, 15) is 4.79 Å². The molecule has 104 valence electrons. The van der Waals surface area contributed by atoms with Gasteiger partial charge in [-0.15, -0.1) is 11.3 Å². The fourth-order valence-corrected chi connectivity index (χ4v) is 4.15. The zero-order valence-electron chi connectivity index (χ0n) is 11.2. The lowest BCUT2D eigenvalue weighted by Gasteiger charge is -2.30. The molecule has 0 aliphatic carbocycles. The summed E-state index contributed by atoms with van der Waals surface area (Å²) >= 11 is 1.58. The van der Waals surface area contributed by atoms with Gasteiger partial charge in [0.15, 0.2) is 0 Å². The van der Waals surface area contributed by atoms with Crippen molar-refractivity contribution in [3.05, 3.63) is 29.3 Å². The van der Waals surface area contributed by atoms with Crippen molar-refractivity contribution in [1.29, 1.82) is 0 Å². The SMILES string of the molecule is O=C(N[C@@H]1C[C@@H]2CCN(C2)C1)c1ccc2ncsc2c1. The average molecular weight is 287 g/mol. The fraction of sp³-hybridized carbons (Fsp3) is 0.467. The summed E-state index contributed by atoms with van der Waals surface area (Å²) in [5.74, 6) is 0.825. The Hall–Kier alpha value is -1.46. The first-order valence-corrected chi connectivity index (χ1v) is 8.02. The van der Waals surface area contributed by atoms with Crippen molar-refractivity contribution in [2.24, 2.45) is 5.92 Å². The second kappa shape index (κ2) is 4.82. The molecule has 20 heavy (non-hydrogen) atoms. The van der Waals surface area contributed by atoms with Crippen LogP contribution in [0.2, 0.25) is 0 Å². The Bertz CT molecular complexity index is 641. The van der Waals surface area contributed by atoms with Crippen molar-refractivity contribution in [2.45, 2.75) is 18.9 Å². The van der Waals surface area contributed by atoms with Crippen LogP contribution in [-0.2, 0) is 0 Å². The number of amides is 1. The molecule has 3 atom stereocenters. The summed E-state index contributed by atoms with van der Waals surface area (Å²) in [7, 11) is 0. The molecule has 0 spiro atoms. The molecule has 2 aliphatic heterocycles. The second-order valence-corrected chi connectivity index (χ2v) is 6.74. The highest BCUT2D eigenvalue weighted by Gasteiger charge is 2.32. The molecule has 1 N–H and O–H groups in total. The topological polar surface area (TPSA) is 45.2 Å². The van der Waals surface area contributed by atoms with Crippen molar-refractivity contribution in [2.75, 3.05) is 19.6 Å². The van der Waals surface area contributed by atoms with Gasteiger partial charge in [0.2, 0.25) is 0 Å². The lowest BCUT2D eigenvalue weighted by molar-refractivity contribution is 0.0909. The smallest absolute Gasteiger partial charge is 0.251 e. The number of benzene rings is 1. The Balaban J connectivity index is 1.49. The van der Waals surface area contributed by atoms with E-state index in [0.29, 0.717) is 6.04 Å². The normalized spacial score (nSPS) is 28.7. The first-order chi connectivity index (χ1) is 9.78. The summed E-state index contributed by atoms with van der Waals surface area (Å²) in [6, 6.07) is 6.05. The zero-order chi connectivity index (χ0) is 13.5. The number of fused-ring (bicyclic) bond motifs is 3. The van der Waals surface area contributed by atoms with Gasteiger partial charge < -0.3 is 10.2 Å². The van der Waals surface area contributed by atoms with Crippen LogP contribution < -0.4 is 5.32 Å². The van der Waals surface area contributed by atoms with Crippen molar-refractivity contribution in [1.82, 2.24) is 15.2 Å². The minimum atomic E-state index is 0.0489. The van der Waals surface area contributed by atoms with E-state index in [2.05, 4.69) is 15.2 Å². The quantitative estimate of drug-likeness (QED) is 0.920. The molecule has 0 saturated carbocycles. The van der Waals surface area contributed by atoms with Crippen LogP contribution in [0.3, 0.4) is 0 Å². The van der Waals surface area contributed by atoms with Crippen molar-refractivity contribution >= 4 is 27.5 Å². The fourth-order valence-electron chi connectivity index (χ4n) is 3.43. The Morgan fingerprint density at radius 1 is 1.40 bits per heavy atom. The van der Waals surface area contributed by atoms with Gasteiger partial charge in [-0.2, -0.15) is 0 Å². The first-order valence-electron chi connectivity index (χ1n) is 7.14. The predicted molar refractivity (Wildman–Crippen MR) is 80.0 cm³/mol. The maximum atomic E-state index is 12.4. The Labute approximate surface area is 121 Å². The highest BCUT2D eigenvalue weighted by atomic mass is 32.1. The third kappa shape index (κ3) is 2.21. The van der Waals surface area contributed by atoms with E-state index in [1.54, 1.807) is 11.3 Å². The number of carbonyl (C=O) groups excluding carboxylic acids is 1. The van der Waals surface area contributed by atoms with Gasteiger partial charge in [0, 0.05) is 24.7 Å². The molecular formula is C15H17N3OS. The third-order valence-electron chi connectivity index (χ3n) is 4.40. The molecule has 2 saturated heterocycles. The number of nitrogens with one attached hydrogen (secondary N) is 1. The maximum Gasteiger partial charge on any atom is 0.251 e. The molecule has 1 aromatic carbocycles. The minimum Gasteiger partial charge on any atom is -0.348 e. The number of carbonyl (C=O) groups is 1. The highest BCUT2D eigenvalue weighted by molar-refractivity contribution is 7.16. The largest absolute Gasteiger partial charge is 0.348 e. The molecule has 4 rings (SSSR count). The van der Waals surface area contributed by atoms with Crippen molar-refractivity contribution in [3.8, 4) is 0 Å². The summed E-state index contributed by atoms with van der Waals surface area (Å²) in [6.45, 7) is 3.42. The van der Waals surface area contributed by atoms with Gasteiger partial charge in [0.1, 0.15) is 0 Å². The van der Waals surface area contributed by atoms with Gasteiger partial charge >= 0.3 is 0 Å². The van der Waals surface area contributed by atoms with Crippen LogP contribution in [0, 0.1) is 5.92 Å². The van der Waals surface area contributed by atoms with Gasteiger partial charge in [-0.05, 0) is 43.5 Å². The van der Waals surface area contributed by atoms with E-state index < -0.39 is 0 Å². The number of thiazole rings is 1. The van der Waals surface area contributed by atoms with Crippen molar-refractivity contribution in [3.63, 3.8) is 0 Å². The van der Waals surface area contributed by atoms with Crippen LogP contribution >= 0.6 is 11.3 Å². The first kappa shape index (κ1) is 12.3. The summed E-state index contributed by atoms with van der Waals surface area (Å²) in [5.41, 5.74) is 3.53. The maximum absolute atomic E-state index is 12.4. The summed E-state index contributed by atoms with van der Waals surface area (Å²) in [4.78, 5) is 19.1. The molecule has 1 amide bonds. The van der Waals surface area contributed by atoms with Crippen LogP contribution in [0.25, 0.3) is 10.2 Å². The monoisotopic (exact) mass is 287 g/mol. The molecule has 0 radical (unpaired) electrons. The number of nitrogens with zero attached hydrogens (tertiary/aromatic N) is 2. The third-order valence-corrected chi connectivity index (χ3v) is 5.19. The number of aromatic nitrogens is 1. The Morgan fingerprint density at radius 3 is 3.25 bits per heavy atom. The summed E-state index contributed by atoms with van der Waals surface area (Å²) in [6.07, 6.45) is 2.42. The zero-order valence-corrected chi connectivity index (χ0v) is 12.0. The number of piperidine rings is 1. The van der Waals surface area contributed by atoms with Gasteiger partial charge in [0.05, 0.1) is 15.7 Å². The van der Waals surface area contributed by atoms with E-state index in [0.717, 1.165) is 34.7 Å². The minimum absolute atomic E-state index is 0.0489. The predicted octanol–water partition coefficient (Wildman–Crippen LogP) is 2.12. The van der Waals surface area contributed by atoms with E-state index in [1.807, 2.05) is 23.7 Å². The molecule has 4 nitrogen and oxygen atoms in total. The molecule has 5 heteroatoms. The van der Waals surface area contributed by atoms with E-state index in [-0.39, 0.29) is 5.91 Å². The van der Waals surface area contributed by atoms with Crippen LogP contribution in [0.5, 0.6) is 0 Å². The molecule has 2 aliphatic rings. The number of rotatable bonds is 2. The molecule has 2 aromatic rings. The Morgan fingerprint density at radius 2 is 2.35 bits per heavy atom. The van der Waals surface area contributed by atoms with E-state index in [4.69, 9.17) is 0 Å². The second-order valence-electron chi connectivity index (χ2n) is 5.86.